The molecular weight excluding hydrogens is 309 g/mol. The Balaban J connectivity index is 1.88. The molecule has 2 N–H and O–H groups in total. The molecule has 0 saturated carbocycles. The Kier molecular flexibility index (Phi) is 5.25. The molecule has 2 aromatic rings. The summed E-state index contributed by atoms with van der Waals surface area (Å²) in [7, 11) is 0. The molecule has 0 radical (unpaired) electrons. The summed E-state index contributed by atoms with van der Waals surface area (Å²) < 4.78 is 40.4. The van der Waals surface area contributed by atoms with Crippen molar-refractivity contribution in [1.82, 2.24) is 14.9 Å². The number of imidazole rings is 1. The minimum Gasteiger partial charge on any atom is -0.338 e. The number of aromatic nitrogens is 2. The van der Waals surface area contributed by atoms with Crippen molar-refractivity contribution in [3.05, 3.63) is 48.5 Å². The summed E-state index contributed by atoms with van der Waals surface area (Å²) in [4.78, 5) is 15.7. The van der Waals surface area contributed by atoms with Crippen molar-refractivity contribution >= 4 is 11.7 Å². The van der Waals surface area contributed by atoms with Crippen LogP contribution in [0.5, 0.6) is 0 Å². The average Bonchev–Trinajstić information content (AvgIpc) is 2.97. The summed E-state index contributed by atoms with van der Waals surface area (Å²) in [5, 5.41) is 4.81. The first kappa shape index (κ1) is 16.9. The molecule has 0 aliphatic rings. The molecule has 1 heterocycles. The highest BCUT2D eigenvalue weighted by molar-refractivity contribution is 5.90. The van der Waals surface area contributed by atoms with Crippen molar-refractivity contribution in [2.75, 3.05) is 11.9 Å². The Morgan fingerprint density at radius 3 is 2.74 bits per heavy atom. The van der Waals surface area contributed by atoms with Crippen LogP contribution in [0.3, 0.4) is 0 Å². The van der Waals surface area contributed by atoms with Crippen LogP contribution in [0.1, 0.15) is 12.5 Å². The van der Waals surface area contributed by atoms with Gasteiger partial charge in [0.15, 0.2) is 0 Å². The third-order valence-corrected chi connectivity index (χ3v) is 3.17. The first-order valence-electron chi connectivity index (χ1n) is 7.03. The fourth-order valence-corrected chi connectivity index (χ4v) is 2.09. The summed E-state index contributed by atoms with van der Waals surface area (Å²) in [5.41, 5.74) is -1.14. The molecule has 1 aromatic carbocycles. The van der Waals surface area contributed by atoms with E-state index in [4.69, 9.17) is 0 Å². The maximum absolute atomic E-state index is 12.8. The number of para-hydroxylation sites is 1. The van der Waals surface area contributed by atoms with Gasteiger partial charge in [0.2, 0.25) is 0 Å². The van der Waals surface area contributed by atoms with Gasteiger partial charge >= 0.3 is 12.2 Å². The number of alkyl halides is 3. The van der Waals surface area contributed by atoms with E-state index in [0.717, 1.165) is 6.07 Å². The smallest absolute Gasteiger partial charge is 0.338 e. The molecule has 0 aliphatic carbocycles. The van der Waals surface area contributed by atoms with Crippen molar-refractivity contribution < 1.29 is 18.0 Å². The predicted octanol–water partition coefficient (Wildman–Crippen LogP) is 3.36. The van der Waals surface area contributed by atoms with Gasteiger partial charge < -0.3 is 15.2 Å². The predicted molar refractivity (Wildman–Crippen MR) is 79.9 cm³/mol. The lowest BCUT2D eigenvalue weighted by Gasteiger charge is -2.16. The van der Waals surface area contributed by atoms with Crippen LogP contribution in [-0.4, -0.2) is 22.1 Å². The van der Waals surface area contributed by atoms with Crippen LogP contribution in [-0.2, 0) is 12.7 Å². The summed E-state index contributed by atoms with van der Waals surface area (Å²) in [5.74, 6) is 0.104. The number of urea groups is 1. The minimum absolute atomic E-state index is 0.104. The number of carbonyl (C=O) groups is 1. The normalized spacial score (nSPS) is 12.7. The second kappa shape index (κ2) is 7.17. The highest BCUT2D eigenvalue weighted by Crippen LogP contribution is 2.34. The fourth-order valence-electron chi connectivity index (χ4n) is 2.09. The zero-order valence-corrected chi connectivity index (χ0v) is 12.5. The third kappa shape index (κ3) is 5.01. The molecule has 2 amide bonds. The van der Waals surface area contributed by atoms with Crippen molar-refractivity contribution in [2.45, 2.75) is 19.6 Å². The summed E-state index contributed by atoms with van der Waals surface area (Å²) in [6.45, 7) is 2.90. The van der Waals surface area contributed by atoms with Crippen LogP contribution < -0.4 is 10.6 Å². The largest absolute Gasteiger partial charge is 0.418 e. The number of nitrogens with zero attached hydrogens (tertiary/aromatic N) is 2. The molecule has 5 nitrogen and oxygen atoms in total. The topological polar surface area (TPSA) is 59.0 Å². The molecule has 0 unspecified atom stereocenters. The Labute approximate surface area is 131 Å². The van der Waals surface area contributed by atoms with E-state index in [-0.39, 0.29) is 11.6 Å². The van der Waals surface area contributed by atoms with Crippen molar-refractivity contribution in [1.29, 1.82) is 0 Å². The molecule has 2 rings (SSSR count). The summed E-state index contributed by atoms with van der Waals surface area (Å²) in [6, 6.07) is 4.19. The Bertz CT molecular complexity index is 640. The van der Waals surface area contributed by atoms with Gasteiger partial charge in [0.05, 0.1) is 17.6 Å². The van der Waals surface area contributed by atoms with E-state index in [0.29, 0.717) is 13.1 Å². The van der Waals surface area contributed by atoms with E-state index in [1.807, 2.05) is 11.5 Å². The van der Waals surface area contributed by atoms with Crippen molar-refractivity contribution in [2.24, 2.45) is 5.92 Å². The number of halogens is 3. The fraction of sp³-hybridized carbons (Fsp3) is 0.333. The summed E-state index contributed by atoms with van der Waals surface area (Å²) in [6.07, 6.45) is 0.603. The third-order valence-electron chi connectivity index (χ3n) is 3.17. The first-order chi connectivity index (χ1) is 10.9. The van der Waals surface area contributed by atoms with Gasteiger partial charge in [-0.05, 0) is 18.1 Å². The van der Waals surface area contributed by atoms with Crippen LogP contribution in [0.25, 0.3) is 0 Å². The number of carbonyl (C=O) groups excluding carboxylic acids is 1. The number of rotatable bonds is 5. The quantitative estimate of drug-likeness (QED) is 0.885. The highest BCUT2D eigenvalue weighted by Gasteiger charge is 2.33. The van der Waals surface area contributed by atoms with Crippen molar-refractivity contribution in [3.63, 3.8) is 0 Å². The molecule has 1 atom stereocenters. The number of anilines is 1. The lowest BCUT2D eigenvalue weighted by atomic mass is 10.1. The standard InChI is InChI=1S/C15H17F3N4O/c1-11(9-22-7-6-19-10-22)8-20-14(23)21-13-5-3-2-4-12(13)15(16,17)18/h2-7,10-11H,8-9H2,1H3,(H2,20,21,23)/t11-/m0/s1. The molecule has 8 heteroatoms. The van der Waals surface area contributed by atoms with Gasteiger partial charge in [-0.25, -0.2) is 9.78 Å². The summed E-state index contributed by atoms with van der Waals surface area (Å²) >= 11 is 0. The molecule has 0 aliphatic heterocycles. The van der Waals surface area contributed by atoms with Gasteiger partial charge in [-0.3, -0.25) is 0 Å². The zero-order chi connectivity index (χ0) is 16.9. The minimum atomic E-state index is -4.52. The lowest BCUT2D eigenvalue weighted by molar-refractivity contribution is -0.136. The second-order valence-electron chi connectivity index (χ2n) is 5.24. The van der Waals surface area contributed by atoms with Crippen LogP contribution in [0, 0.1) is 5.92 Å². The first-order valence-corrected chi connectivity index (χ1v) is 7.03. The SMILES string of the molecule is C[C@@H](CNC(=O)Nc1ccccc1C(F)(F)F)Cn1ccnc1. The number of benzene rings is 1. The molecule has 23 heavy (non-hydrogen) atoms. The van der Waals surface area contributed by atoms with Gasteiger partial charge in [-0.15, -0.1) is 0 Å². The monoisotopic (exact) mass is 326 g/mol. The van der Waals surface area contributed by atoms with Crippen LogP contribution in [0.15, 0.2) is 43.0 Å². The van der Waals surface area contributed by atoms with E-state index in [9.17, 15) is 18.0 Å². The average molecular weight is 326 g/mol. The lowest BCUT2D eigenvalue weighted by Crippen LogP contribution is -2.34. The van der Waals surface area contributed by atoms with Gasteiger partial charge in [0, 0.05) is 25.5 Å². The van der Waals surface area contributed by atoms with Crippen molar-refractivity contribution in [3.8, 4) is 0 Å². The highest BCUT2D eigenvalue weighted by atomic mass is 19.4. The van der Waals surface area contributed by atoms with E-state index in [1.54, 1.807) is 18.7 Å². The number of hydrogen-bond acceptors (Lipinski definition) is 2. The van der Waals surface area contributed by atoms with Gasteiger partial charge in [-0.1, -0.05) is 19.1 Å². The number of hydrogen-bond donors (Lipinski definition) is 2. The van der Waals surface area contributed by atoms with E-state index in [2.05, 4.69) is 15.6 Å². The van der Waals surface area contributed by atoms with Gasteiger partial charge in [0.25, 0.3) is 0 Å². The van der Waals surface area contributed by atoms with E-state index in [1.165, 1.54) is 18.2 Å². The molecular formula is C15H17F3N4O. The van der Waals surface area contributed by atoms with Crippen LogP contribution >= 0.6 is 0 Å². The molecule has 0 spiro atoms. The van der Waals surface area contributed by atoms with Crippen LogP contribution in [0.2, 0.25) is 0 Å². The maximum atomic E-state index is 12.8. The Hall–Kier alpha value is -2.51. The molecule has 124 valence electrons. The Morgan fingerprint density at radius 2 is 2.09 bits per heavy atom. The second-order valence-corrected chi connectivity index (χ2v) is 5.24. The zero-order valence-electron chi connectivity index (χ0n) is 12.5. The molecule has 0 saturated heterocycles. The number of nitrogens with one attached hydrogen (secondary N) is 2. The maximum Gasteiger partial charge on any atom is 0.418 e. The van der Waals surface area contributed by atoms with Crippen LogP contribution in [0.4, 0.5) is 23.7 Å². The van der Waals surface area contributed by atoms with Gasteiger partial charge in [0.1, 0.15) is 0 Å². The molecule has 1 aromatic heterocycles. The van der Waals surface area contributed by atoms with E-state index < -0.39 is 17.8 Å². The molecule has 0 bridgehead atoms. The van der Waals surface area contributed by atoms with Gasteiger partial charge in [-0.2, -0.15) is 13.2 Å². The number of amides is 2. The Morgan fingerprint density at radius 1 is 1.35 bits per heavy atom. The van der Waals surface area contributed by atoms with E-state index >= 15 is 0 Å². The molecule has 0 fully saturated rings.